The Hall–Kier alpha value is -2.08. The first-order valence-electron chi connectivity index (χ1n) is 5.01. The molecule has 0 spiro atoms. The second-order valence-electron chi connectivity index (χ2n) is 3.92. The summed E-state index contributed by atoms with van der Waals surface area (Å²) >= 11 is 0. The maximum absolute atomic E-state index is 8.69. The van der Waals surface area contributed by atoms with Gasteiger partial charge in [0, 0.05) is 25.2 Å². The minimum Gasteiger partial charge on any atom is -0.342 e. The minimum absolute atomic E-state index is 0.0305. The summed E-state index contributed by atoms with van der Waals surface area (Å²) in [6, 6.07) is 3.57. The summed E-state index contributed by atoms with van der Waals surface area (Å²) in [6.45, 7) is 4.76. The Kier molecular flexibility index (Phi) is 3.47. The van der Waals surface area contributed by atoms with E-state index in [9.17, 15) is 0 Å². The van der Waals surface area contributed by atoms with Crippen molar-refractivity contribution in [3.8, 4) is 12.1 Å². The normalized spacial score (nSPS) is 24.5. The lowest BCUT2D eigenvalue weighted by molar-refractivity contribution is 0.146. The molecule has 1 rings (SSSR count). The summed E-state index contributed by atoms with van der Waals surface area (Å²) in [7, 11) is 0. The highest BCUT2D eigenvalue weighted by Gasteiger charge is 2.31. The topological polar surface area (TPSA) is 102 Å². The fourth-order valence-electron chi connectivity index (χ4n) is 1.88. The fourth-order valence-corrected chi connectivity index (χ4v) is 1.88. The number of hydrogen-bond donors (Lipinski definition) is 2. The van der Waals surface area contributed by atoms with Gasteiger partial charge in [-0.15, -0.1) is 0 Å². The lowest BCUT2D eigenvalue weighted by atomic mass is 10.1. The van der Waals surface area contributed by atoms with Crippen LogP contribution in [-0.4, -0.2) is 46.6 Å². The smallest absolute Gasteiger partial charge is 0.201 e. The van der Waals surface area contributed by atoms with Crippen LogP contribution in [-0.2, 0) is 0 Å². The SMILES string of the molecule is CC1CN(C(=N)C#N)C(C)CN1C(=N)C#N. The summed E-state index contributed by atoms with van der Waals surface area (Å²) in [5, 5.41) is 32.4. The first-order valence-corrected chi connectivity index (χ1v) is 5.01. The van der Waals surface area contributed by atoms with Crippen molar-refractivity contribution in [2.45, 2.75) is 25.9 Å². The predicted octanol–water partition coefficient (Wildman–Crippen LogP) is 0.383. The average molecular weight is 218 g/mol. The number of nitrogens with one attached hydrogen (secondary N) is 2. The Morgan fingerprint density at radius 1 is 1.00 bits per heavy atom. The van der Waals surface area contributed by atoms with Crippen molar-refractivity contribution in [2.24, 2.45) is 0 Å². The first kappa shape index (κ1) is 12.0. The summed E-state index contributed by atoms with van der Waals surface area (Å²) in [6.07, 6.45) is 0. The molecule has 2 atom stereocenters. The Morgan fingerprint density at radius 2 is 1.31 bits per heavy atom. The number of nitriles is 2. The van der Waals surface area contributed by atoms with Crippen molar-refractivity contribution in [1.82, 2.24) is 9.80 Å². The Labute approximate surface area is 94.7 Å². The van der Waals surface area contributed by atoms with Gasteiger partial charge in [-0.25, -0.2) is 0 Å². The molecule has 0 bridgehead atoms. The molecule has 16 heavy (non-hydrogen) atoms. The second kappa shape index (κ2) is 4.63. The molecule has 1 heterocycles. The molecule has 0 radical (unpaired) electrons. The van der Waals surface area contributed by atoms with Crippen molar-refractivity contribution in [3.05, 3.63) is 0 Å². The molecule has 2 N–H and O–H groups in total. The first-order chi connectivity index (χ1) is 7.51. The van der Waals surface area contributed by atoms with Crippen molar-refractivity contribution in [2.75, 3.05) is 13.1 Å². The fraction of sp³-hybridized carbons (Fsp3) is 0.600. The molecule has 6 heteroatoms. The van der Waals surface area contributed by atoms with Crippen LogP contribution in [0.3, 0.4) is 0 Å². The third kappa shape index (κ3) is 2.12. The highest BCUT2D eigenvalue weighted by atomic mass is 15.3. The van der Waals surface area contributed by atoms with Gasteiger partial charge in [-0.1, -0.05) is 0 Å². The number of nitrogens with zero attached hydrogens (tertiary/aromatic N) is 4. The molecule has 0 aliphatic carbocycles. The quantitative estimate of drug-likeness (QED) is 0.453. The van der Waals surface area contributed by atoms with E-state index in [1.54, 1.807) is 9.80 Å². The molecule has 1 aliphatic rings. The second-order valence-corrected chi connectivity index (χ2v) is 3.92. The van der Waals surface area contributed by atoms with Gasteiger partial charge in [0.1, 0.15) is 12.1 Å². The van der Waals surface area contributed by atoms with Gasteiger partial charge in [-0.2, -0.15) is 10.5 Å². The van der Waals surface area contributed by atoms with E-state index in [0.29, 0.717) is 13.1 Å². The summed E-state index contributed by atoms with van der Waals surface area (Å²) < 4.78 is 0. The molecule has 0 aromatic rings. The van der Waals surface area contributed by atoms with Crippen LogP contribution in [0.2, 0.25) is 0 Å². The van der Waals surface area contributed by atoms with Crippen LogP contribution in [0.5, 0.6) is 0 Å². The van der Waals surface area contributed by atoms with E-state index >= 15 is 0 Å². The molecule has 6 nitrogen and oxygen atoms in total. The molecule has 84 valence electrons. The highest BCUT2D eigenvalue weighted by Crippen LogP contribution is 2.15. The molecule has 0 saturated carbocycles. The molecule has 2 unspecified atom stereocenters. The third-order valence-electron chi connectivity index (χ3n) is 2.77. The number of piperazine rings is 1. The highest BCUT2D eigenvalue weighted by molar-refractivity contribution is 5.95. The van der Waals surface area contributed by atoms with E-state index in [2.05, 4.69) is 0 Å². The third-order valence-corrected chi connectivity index (χ3v) is 2.77. The molecular weight excluding hydrogens is 204 g/mol. The molecule has 0 amide bonds. The van der Waals surface area contributed by atoms with Crippen LogP contribution in [0.15, 0.2) is 0 Å². The van der Waals surface area contributed by atoms with Crippen LogP contribution in [0.1, 0.15) is 13.8 Å². The zero-order chi connectivity index (χ0) is 12.3. The van der Waals surface area contributed by atoms with E-state index < -0.39 is 0 Å². The predicted molar refractivity (Wildman–Crippen MR) is 59.0 cm³/mol. The van der Waals surface area contributed by atoms with Crippen LogP contribution in [0, 0.1) is 33.5 Å². The summed E-state index contributed by atoms with van der Waals surface area (Å²) in [4.78, 5) is 3.40. The van der Waals surface area contributed by atoms with Gasteiger partial charge >= 0.3 is 0 Å². The van der Waals surface area contributed by atoms with Crippen molar-refractivity contribution in [1.29, 1.82) is 21.3 Å². The Balaban J connectivity index is 2.80. The van der Waals surface area contributed by atoms with Gasteiger partial charge in [0.25, 0.3) is 0 Å². The van der Waals surface area contributed by atoms with Gasteiger partial charge < -0.3 is 9.80 Å². The minimum atomic E-state index is -0.0533. The molecule has 1 aliphatic heterocycles. The van der Waals surface area contributed by atoms with E-state index in [4.69, 9.17) is 21.3 Å². The van der Waals surface area contributed by atoms with E-state index in [1.807, 2.05) is 26.0 Å². The monoisotopic (exact) mass is 218 g/mol. The van der Waals surface area contributed by atoms with Gasteiger partial charge in [-0.05, 0) is 13.8 Å². The van der Waals surface area contributed by atoms with Crippen LogP contribution in [0.25, 0.3) is 0 Å². The Morgan fingerprint density at radius 3 is 1.56 bits per heavy atom. The zero-order valence-electron chi connectivity index (χ0n) is 9.36. The zero-order valence-corrected chi connectivity index (χ0v) is 9.36. The molecule has 0 aromatic carbocycles. The number of rotatable bonds is 0. The standard InChI is InChI=1S/C10H14N6/c1-7-5-16(10(14)4-12)8(2)6-15(7)9(13)3-11/h7-8,13-14H,5-6H2,1-2H3. The maximum atomic E-state index is 8.69. The summed E-state index contributed by atoms with van der Waals surface area (Å²) in [5.74, 6) is -0.107. The van der Waals surface area contributed by atoms with Crippen LogP contribution < -0.4 is 0 Å². The molecule has 1 saturated heterocycles. The van der Waals surface area contributed by atoms with Crippen molar-refractivity contribution >= 4 is 11.7 Å². The molecule has 1 fully saturated rings. The maximum Gasteiger partial charge on any atom is 0.201 e. The van der Waals surface area contributed by atoms with E-state index in [0.717, 1.165) is 0 Å². The largest absolute Gasteiger partial charge is 0.342 e. The van der Waals surface area contributed by atoms with Crippen molar-refractivity contribution in [3.63, 3.8) is 0 Å². The lowest BCUT2D eigenvalue weighted by Gasteiger charge is -2.43. The molecule has 0 aromatic heterocycles. The molecular formula is C10H14N6. The van der Waals surface area contributed by atoms with Gasteiger partial charge in [0.2, 0.25) is 11.7 Å². The number of hydrogen-bond acceptors (Lipinski definition) is 4. The Bertz CT molecular complexity index is 349. The average Bonchev–Trinajstić information content (AvgIpc) is 2.29. The van der Waals surface area contributed by atoms with E-state index in [1.165, 1.54) is 0 Å². The van der Waals surface area contributed by atoms with Gasteiger partial charge in [-0.3, -0.25) is 10.8 Å². The lowest BCUT2D eigenvalue weighted by Crippen LogP contribution is -2.58. The van der Waals surface area contributed by atoms with E-state index in [-0.39, 0.29) is 23.8 Å². The summed E-state index contributed by atoms with van der Waals surface area (Å²) in [5.41, 5.74) is 0. The van der Waals surface area contributed by atoms with Crippen LogP contribution in [0.4, 0.5) is 0 Å². The van der Waals surface area contributed by atoms with Crippen LogP contribution >= 0.6 is 0 Å². The number of amidine groups is 2. The van der Waals surface area contributed by atoms with Gasteiger partial charge in [0.05, 0.1) is 0 Å². The van der Waals surface area contributed by atoms with Crippen molar-refractivity contribution < 1.29 is 0 Å². The van der Waals surface area contributed by atoms with Gasteiger partial charge in [0.15, 0.2) is 0 Å².